The van der Waals surface area contributed by atoms with Gasteiger partial charge in [0, 0.05) is 6.42 Å². The Morgan fingerprint density at radius 2 is 0.709 bits per heavy atom. The molecule has 466 valence electrons. The van der Waals surface area contributed by atoms with E-state index in [2.05, 4.69) is 55.6 Å². The number of amides is 1. The number of carbonyl (C=O) groups is 1. The zero-order chi connectivity index (χ0) is 57.7. The lowest BCUT2D eigenvalue weighted by molar-refractivity contribution is -0.870. The molecule has 3 unspecified atom stereocenters. The average Bonchev–Trinajstić information content (AvgIpc) is 3.42. The fourth-order valence-corrected chi connectivity index (χ4v) is 11.1. The molecule has 2 N–H and O–H groups in total. The Morgan fingerprint density at radius 3 is 1.03 bits per heavy atom. The van der Waals surface area contributed by atoms with E-state index in [4.69, 9.17) is 9.05 Å². The van der Waals surface area contributed by atoms with E-state index in [9.17, 15) is 19.4 Å². The summed E-state index contributed by atoms with van der Waals surface area (Å²) in [6, 6.07) is -0.911. The number of nitrogens with zero attached hydrogens (tertiary/aromatic N) is 1. The first-order valence-electron chi connectivity index (χ1n) is 34.5. The van der Waals surface area contributed by atoms with Gasteiger partial charge in [0.25, 0.3) is 7.82 Å². The molecule has 0 heterocycles. The first kappa shape index (κ1) is 77.5. The van der Waals surface area contributed by atoms with Gasteiger partial charge in [0.15, 0.2) is 0 Å². The number of aliphatic hydroxyl groups excluding tert-OH is 1. The van der Waals surface area contributed by atoms with Gasteiger partial charge in [-0.25, -0.2) is 0 Å². The second kappa shape index (κ2) is 61.0. The standard InChI is InChI=1S/C70H135N2O6P/c1-6-8-10-12-14-16-18-20-22-24-26-28-30-32-34-36-38-40-42-44-46-48-50-52-54-56-58-60-62-64-70(74)71-68(67-78-79(75,76)77-66-65-72(3,4)5)69(73)63-61-59-57-55-53-51-49-47-45-43-41-39-37-35-33-31-29-27-25-23-21-19-17-15-13-11-9-7-2/h24,26,45,47,53,55,61,63,68-69,73H,6-23,25,27-44,46,48-52,54,56-60,62,64-67H2,1-5H3,(H-,71,74,75,76)/b26-24-,47-45+,55-53+,63-61+. The Balaban J connectivity index is 4.13. The smallest absolute Gasteiger partial charge is 0.268 e. The van der Waals surface area contributed by atoms with Crippen LogP contribution in [-0.4, -0.2) is 68.5 Å². The van der Waals surface area contributed by atoms with Gasteiger partial charge < -0.3 is 28.8 Å². The Hall–Kier alpha value is -1.54. The summed E-state index contributed by atoms with van der Waals surface area (Å²) in [6.07, 6.45) is 82.4. The molecule has 0 aliphatic heterocycles. The lowest BCUT2D eigenvalue weighted by Crippen LogP contribution is -2.45. The average molecular weight is 1130 g/mol. The zero-order valence-corrected chi connectivity index (χ0v) is 54.2. The highest BCUT2D eigenvalue weighted by Gasteiger charge is 2.23. The van der Waals surface area contributed by atoms with Crippen LogP contribution in [0.5, 0.6) is 0 Å². The molecule has 0 aromatic rings. The minimum Gasteiger partial charge on any atom is -0.756 e. The molecule has 8 nitrogen and oxygen atoms in total. The van der Waals surface area contributed by atoms with Gasteiger partial charge in [-0.1, -0.05) is 313 Å². The summed E-state index contributed by atoms with van der Waals surface area (Å²) in [6.45, 7) is 4.67. The summed E-state index contributed by atoms with van der Waals surface area (Å²) >= 11 is 0. The van der Waals surface area contributed by atoms with Gasteiger partial charge in [0.2, 0.25) is 5.91 Å². The first-order valence-corrected chi connectivity index (χ1v) is 36.0. The number of nitrogens with one attached hydrogen (secondary N) is 1. The topological polar surface area (TPSA) is 108 Å². The molecule has 0 radical (unpaired) electrons. The molecule has 0 fully saturated rings. The molecule has 0 aliphatic rings. The molecule has 0 aliphatic carbocycles. The molecular weight excluding hydrogens is 996 g/mol. The monoisotopic (exact) mass is 1130 g/mol. The van der Waals surface area contributed by atoms with E-state index in [-0.39, 0.29) is 12.5 Å². The molecule has 0 saturated heterocycles. The quantitative estimate of drug-likeness (QED) is 0.0272. The molecule has 79 heavy (non-hydrogen) atoms. The minimum absolute atomic E-state index is 0.00831. The highest BCUT2D eigenvalue weighted by molar-refractivity contribution is 7.45. The van der Waals surface area contributed by atoms with Crippen LogP contribution < -0.4 is 10.2 Å². The van der Waals surface area contributed by atoms with E-state index in [0.717, 1.165) is 44.9 Å². The number of allylic oxidation sites excluding steroid dienone is 7. The molecule has 0 saturated carbocycles. The van der Waals surface area contributed by atoms with Crippen LogP contribution in [0.15, 0.2) is 48.6 Å². The third-order valence-electron chi connectivity index (χ3n) is 15.7. The van der Waals surface area contributed by atoms with Gasteiger partial charge in [-0.15, -0.1) is 0 Å². The maximum atomic E-state index is 13.0. The summed E-state index contributed by atoms with van der Waals surface area (Å²) in [4.78, 5) is 25.6. The fourth-order valence-electron chi connectivity index (χ4n) is 10.4. The van der Waals surface area contributed by atoms with E-state index in [1.165, 1.54) is 276 Å². The number of rotatable bonds is 64. The third-order valence-corrected chi connectivity index (χ3v) is 16.7. The molecule has 3 atom stereocenters. The van der Waals surface area contributed by atoms with E-state index < -0.39 is 26.6 Å². The highest BCUT2D eigenvalue weighted by atomic mass is 31.2. The van der Waals surface area contributed by atoms with Crippen molar-refractivity contribution in [1.82, 2.24) is 5.32 Å². The molecule has 0 bridgehead atoms. The highest BCUT2D eigenvalue weighted by Crippen LogP contribution is 2.38. The SMILES string of the molecule is CCCCCCCCCC/C=C\CCCCCCCCCCCCCCCCCCCC(=O)NC(COP(=O)([O-])OCC[N+](C)(C)C)C(O)/C=C/CC/C=C/CC/C=C/CCCCCCCCCCCCCCCCCCCC. The fraction of sp³-hybridized carbons (Fsp3) is 0.871. The predicted octanol–water partition coefficient (Wildman–Crippen LogP) is 21.2. The number of quaternary nitrogens is 1. The molecule has 0 aromatic carbocycles. The largest absolute Gasteiger partial charge is 0.756 e. The number of unbranched alkanes of at least 4 members (excludes halogenated alkanes) is 45. The lowest BCUT2D eigenvalue weighted by atomic mass is 10.0. The number of phosphoric ester groups is 1. The number of carbonyl (C=O) groups excluding carboxylic acids is 1. The van der Waals surface area contributed by atoms with Crippen LogP contribution in [0, 0.1) is 0 Å². The van der Waals surface area contributed by atoms with Gasteiger partial charge in [0.1, 0.15) is 13.2 Å². The zero-order valence-electron chi connectivity index (χ0n) is 53.3. The summed E-state index contributed by atoms with van der Waals surface area (Å²) in [5.41, 5.74) is 0. The molecular formula is C70H135N2O6P. The molecule has 9 heteroatoms. The normalized spacial score (nSPS) is 14.0. The number of likely N-dealkylation sites (N-methyl/N-ethyl adjacent to an activating group) is 1. The van der Waals surface area contributed by atoms with Crippen molar-refractivity contribution in [2.24, 2.45) is 0 Å². The van der Waals surface area contributed by atoms with Crippen molar-refractivity contribution < 1.29 is 32.9 Å². The number of phosphoric acid groups is 1. The van der Waals surface area contributed by atoms with E-state index in [0.29, 0.717) is 17.4 Å². The Bertz CT molecular complexity index is 1430. The van der Waals surface area contributed by atoms with Crippen LogP contribution in [0.25, 0.3) is 0 Å². The Morgan fingerprint density at radius 1 is 0.430 bits per heavy atom. The van der Waals surface area contributed by atoms with E-state index in [1.54, 1.807) is 6.08 Å². The van der Waals surface area contributed by atoms with Gasteiger partial charge in [-0.05, 0) is 70.6 Å². The second-order valence-corrected chi connectivity index (χ2v) is 26.3. The lowest BCUT2D eigenvalue weighted by Gasteiger charge is -2.29. The predicted molar refractivity (Wildman–Crippen MR) is 344 cm³/mol. The summed E-state index contributed by atoms with van der Waals surface area (Å²) in [5, 5.41) is 13.9. The summed E-state index contributed by atoms with van der Waals surface area (Å²) < 4.78 is 23.4. The van der Waals surface area contributed by atoms with Crippen LogP contribution in [0.1, 0.15) is 341 Å². The van der Waals surface area contributed by atoms with E-state index in [1.807, 2.05) is 27.2 Å². The van der Waals surface area contributed by atoms with Crippen LogP contribution in [0.2, 0.25) is 0 Å². The van der Waals surface area contributed by atoms with Crippen LogP contribution >= 0.6 is 7.82 Å². The molecule has 0 aromatic heterocycles. The van der Waals surface area contributed by atoms with Crippen molar-refractivity contribution >= 4 is 13.7 Å². The van der Waals surface area contributed by atoms with E-state index >= 15 is 0 Å². The molecule has 0 spiro atoms. The summed E-state index contributed by atoms with van der Waals surface area (Å²) in [5.74, 6) is -0.206. The van der Waals surface area contributed by atoms with Crippen molar-refractivity contribution in [3.05, 3.63) is 48.6 Å². The van der Waals surface area contributed by atoms with Gasteiger partial charge in [0.05, 0.1) is 39.9 Å². The maximum Gasteiger partial charge on any atom is 0.268 e. The number of hydrogen-bond acceptors (Lipinski definition) is 6. The van der Waals surface area contributed by atoms with Crippen molar-refractivity contribution in [1.29, 1.82) is 0 Å². The van der Waals surface area contributed by atoms with Crippen molar-refractivity contribution in [3.63, 3.8) is 0 Å². The number of hydrogen-bond donors (Lipinski definition) is 2. The molecule has 1 amide bonds. The summed E-state index contributed by atoms with van der Waals surface area (Å²) in [7, 11) is 1.25. The third kappa shape index (κ3) is 63.9. The number of aliphatic hydroxyl groups is 1. The second-order valence-electron chi connectivity index (χ2n) is 24.9. The van der Waals surface area contributed by atoms with Crippen LogP contribution in [0.3, 0.4) is 0 Å². The Kier molecular flexibility index (Phi) is 59.8. The molecule has 0 rings (SSSR count). The van der Waals surface area contributed by atoms with Crippen molar-refractivity contribution in [3.8, 4) is 0 Å². The van der Waals surface area contributed by atoms with Crippen LogP contribution in [-0.2, 0) is 18.4 Å². The first-order chi connectivity index (χ1) is 38.5. The Labute approximate surface area is 492 Å². The minimum atomic E-state index is -4.62. The van der Waals surface area contributed by atoms with Gasteiger partial charge in [-0.3, -0.25) is 9.36 Å². The van der Waals surface area contributed by atoms with Gasteiger partial charge in [-0.2, -0.15) is 0 Å². The van der Waals surface area contributed by atoms with Crippen LogP contribution in [0.4, 0.5) is 0 Å². The van der Waals surface area contributed by atoms with Crippen molar-refractivity contribution in [2.45, 2.75) is 353 Å². The van der Waals surface area contributed by atoms with Gasteiger partial charge >= 0.3 is 0 Å². The van der Waals surface area contributed by atoms with Crippen molar-refractivity contribution in [2.75, 3.05) is 40.9 Å². The maximum absolute atomic E-state index is 13.0.